The van der Waals surface area contributed by atoms with E-state index in [4.69, 9.17) is 10.00 Å². The minimum Gasteiger partial charge on any atom is -0.481 e. The molecule has 0 fully saturated rings. The Morgan fingerprint density at radius 2 is 2.36 bits per heavy atom. The summed E-state index contributed by atoms with van der Waals surface area (Å²) in [6.45, 7) is 1.84. The lowest BCUT2D eigenvalue weighted by molar-refractivity contribution is 0.384. The summed E-state index contributed by atoms with van der Waals surface area (Å²) in [4.78, 5) is 4.21. The topological polar surface area (TPSA) is 63.2 Å². The predicted molar refractivity (Wildman–Crippen MR) is 49.0 cm³/mol. The smallest absolute Gasteiger partial charge is 0.217 e. The lowest BCUT2D eigenvalue weighted by atomic mass is 10.3. The monoisotopic (exact) mass is 188 g/mol. The molecule has 70 valence electrons. The van der Waals surface area contributed by atoms with Crippen LogP contribution in [0.5, 0.6) is 5.88 Å². The second-order valence-electron chi connectivity index (χ2n) is 2.85. The maximum Gasteiger partial charge on any atom is 0.217 e. The van der Waals surface area contributed by atoms with Crippen LogP contribution >= 0.6 is 0 Å². The van der Waals surface area contributed by atoms with E-state index in [1.165, 1.54) is 10.7 Å². The molecule has 0 saturated heterocycles. The third-order valence-electron chi connectivity index (χ3n) is 1.90. The van der Waals surface area contributed by atoms with Gasteiger partial charge in [-0.05, 0) is 6.92 Å². The largest absolute Gasteiger partial charge is 0.481 e. The van der Waals surface area contributed by atoms with Crippen LogP contribution in [0, 0.1) is 18.3 Å². The van der Waals surface area contributed by atoms with Crippen molar-refractivity contribution in [2.24, 2.45) is 0 Å². The number of aryl methyl sites for hydroxylation is 1. The molecule has 14 heavy (non-hydrogen) atoms. The Morgan fingerprint density at radius 3 is 3.00 bits per heavy atom. The van der Waals surface area contributed by atoms with Crippen LogP contribution in [0.3, 0.4) is 0 Å². The number of rotatable bonds is 1. The molecule has 0 bridgehead atoms. The predicted octanol–water partition coefficient (Wildman–Crippen LogP) is 0.918. The van der Waals surface area contributed by atoms with Gasteiger partial charge < -0.3 is 4.74 Å². The molecule has 0 amide bonds. The number of nitrogens with zero attached hydrogens (tertiary/aromatic N) is 4. The molecule has 2 aromatic heterocycles. The van der Waals surface area contributed by atoms with Crippen molar-refractivity contribution < 1.29 is 4.74 Å². The van der Waals surface area contributed by atoms with Gasteiger partial charge in [0.25, 0.3) is 0 Å². The van der Waals surface area contributed by atoms with E-state index in [0.717, 1.165) is 5.69 Å². The zero-order valence-electron chi connectivity index (χ0n) is 7.85. The molecular weight excluding hydrogens is 180 g/mol. The van der Waals surface area contributed by atoms with Crippen LogP contribution in [-0.2, 0) is 0 Å². The number of ether oxygens (including phenoxy) is 1. The number of nitriles is 1. The summed E-state index contributed by atoms with van der Waals surface area (Å²) in [6, 6.07) is 3.79. The van der Waals surface area contributed by atoms with Crippen LogP contribution < -0.4 is 4.74 Å². The average molecular weight is 188 g/mol. The normalized spacial score (nSPS) is 10.1. The van der Waals surface area contributed by atoms with Crippen molar-refractivity contribution in [2.45, 2.75) is 6.92 Å². The van der Waals surface area contributed by atoms with Gasteiger partial charge in [0.1, 0.15) is 11.6 Å². The molecular formula is C9H8N4O. The first-order valence-electron chi connectivity index (χ1n) is 4.05. The Kier molecular flexibility index (Phi) is 1.82. The summed E-state index contributed by atoms with van der Waals surface area (Å²) >= 11 is 0. The van der Waals surface area contributed by atoms with Gasteiger partial charge in [0.05, 0.1) is 13.3 Å². The molecule has 2 aromatic rings. The van der Waals surface area contributed by atoms with Gasteiger partial charge in [-0.25, -0.2) is 4.98 Å². The van der Waals surface area contributed by atoms with Gasteiger partial charge >= 0.3 is 0 Å². The van der Waals surface area contributed by atoms with Crippen LogP contribution in [0.2, 0.25) is 0 Å². The molecule has 0 aliphatic heterocycles. The lowest BCUT2D eigenvalue weighted by Crippen LogP contribution is -1.99. The van der Waals surface area contributed by atoms with Crippen LogP contribution in [-0.4, -0.2) is 21.7 Å². The molecule has 2 rings (SSSR count). The van der Waals surface area contributed by atoms with E-state index in [1.807, 2.05) is 13.0 Å². The summed E-state index contributed by atoms with van der Waals surface area (Å²) in [5, 5.41) is 12.8. The molecule has 0 aliphatic rings. The van der Waals surface area contributed by atoms with Crippen LogP contribution in [0.25, 0.3) is 5.65 Å². The fourth-order valence-electron chi connectivity index (χ4n) is 1.27. The fourth-order valence-corrected chi connectivity index (χ4v) is 1.27. The van der Waals surface area contributed by atoms with Gasteiger partial charge in [-0.2, -0.15) is 14.9 Å². The SMILES string of the molecule is COc1cc(C)nc2c(C#N)cnn12. The minimum absolute atomic E-state index is 0.451. The van der Waals surface area contributed by atoms with Crippen molar-refractivity contribution in [1.82, 2.24) is 14.6 Å². The van der Waals surface area contributed by atoms with Crippen molar-refractivity contribution in [2.75, 3.05) is 7.11 Å². The highest BCUT2D eigenvalue weighted by Crippen LogP contribution is 2.16. The molecule has 0 saturated carbocycles. The minimum atomic E-state index is 0.451. The average Bonchev–Trinajstić information content (AvgIpc) is 2.59. The van der Waals surface area contributed by atoms with E-state index in [0.29, 0.717) is 17.1 Å². The zero-order chi connectivity index (χ0) is 10.1. The molecule has 0 unspecified atom stereocenters. The maximum atomic E-state index is 8.79. The Labute approximate surface area is 80.6 Å². The third-order valence-corrected chi connectivity index (χ3v) is 1.90. The molecule has 5 nitrogen and oxygen atoms in total. The summed E-state index contributed by atoms with van der Waals surface area (Å²) < 4.78 is 6.62. The highest BCUT2D eigenvalue weighted by molar-refractivity contribution is 5.55. The summed E-state index contributed by atoms with van der Waals surface area (Å²) in [7, 11) is 1.56. The molecule has 0 atom stereocenters. The van der Waals surface area contributed by atoms with E-state index < -0.39 is 0 Å². The first-order valence-corrected chi connectivity index (χ1v) is 4.05. The third kappa shape index (κ3) is 1.09. The van der Waals surface area contributed by atoms with E-state index in [9.17, 15) is 0 Å². The Bertz CT molecular complexity index is 523. The highest BCUT2D eigenvalue weighted by atomic mass is 16.5. The van der Waals surface area contributed by atoms with E-state index in [1.54, 1.807) is 13.2 Å². The lowest BCUT2D eigenvalue weighted by Gasteiger charge is -2.03. The summed E-state index contributed by atoms with van der Waals surface area (Å²) in [5.41, 5.74) is 1.78. The van der Waals surface area contributed by atoms with Crippen molar-refractivity contribution in [3.8, 4) is 11.9 Å². The molecule has 0 radical (unpaired) electrons. The second kappa shape index (κ2) is 3.00. The van der Waals surface area contributed by atoms with Gasteiger partial charge in [0.15, 0.2) is 5.65 Å². The first kappa shape index (κ1) is 8.51. The van der Waals surface area contributed by atoms with Crippen molar-refractivity contribution in [3.05, 3.63) is 23.5 Å². The first-order chi connectivity index (χ1) is 6.76. The number of aromatic nitrogens is 3. The number of methoxy groups -OCH3 is 1. The van der Waals surface area contributed by atoms with Gasteiger partial charge in [-0.3, -0.25) is 0 Å². The standard InChI is InChI=1S/C9H8N4O/c1-6-3-8(14-2)13-9(12-6)7(4-10)5-11-13/h3,5H,1-2H3. The molecule has 0 N–H and O–H groups in total. The Hall–Kier alpha value is -2.09. The molecule has 5 heteroatoms. The number of hydrogen-bond acceptors (Lipinski definition) is 4. The van der Waals surface area contributed by atoms with E-state index in [2.05, 4.69) is 10.1 Å². The van der Waals surface area contributed by atoms with Gasteiger partial charge in [0, 0.05) is 11.8 Å². The zero-order valence-corrected chi connectivity index (χ0v) is 7.85. The number of hydrogen-bond donors (Lipinski definition) is 0. The van der Waals surface area contributed by atoms with Gasteiger partial charge in [-0.1, -0.05) is 0 Å². The van der Waals surface area contributed by atoms with Crippen molar-refractivity contribution in [1.29, 1.82) is 5.26 Å². The highest BCUT2D eigenvalue weighted by Gasteiger charge is 2.09. The number of fused-ring (bicyclic) bond motifs is 1. The van der Waals surface area contributed by atoms with Crippen molar-refractivity contribution >= 4 is 5.65 Å². The Morgan fingerprint density at radius 1 is 1.57 bits per heavy atom. The molecule has 0 spiro atoms. The van der Waals surface area contributed by atoms with Crippen molar-refractivity contribution in [3.63, 3.8) is 0 Å². The van der Waals surface area contributed by atoms with E-state index in [-0.39, 0.29) is 0 Å². The maximum absolute atomic E-state index is 8.79. The van der Waals surface area contributed by atoms with Gasteiger partial charge in [0.2, 0.25) is 5.88 Å². The quantitative estimate of drug-likeness (QED) is 0.667. The fraction of sp³-hybridized carbons (Fsp3) is 0.222. The van der Waals surface area contributed by atoms with Gasteiger partial charge in [-0.15, -0.1) is 0 Å². The van der Waals surface area contributed by atoms with Crippen LogP contribution in [0.4, 0.5) is 0 Å². The molecule has 0 aliphatic carbocycles. The summed E-state index contributed by atoms with van der Waals surface area (Å²) in [5.74, 6) is 0.578. The van der Waals surface area contributed by atoms with E-state index >= 15 is 0 Å². The van der Waals surface area contributed by atoms with Crippen LogP contribution in [0.1, 0.15) is 11.3 Å². The molecule has 2 heterocycles. The molecule has 0 aromatic carbocycles. The second-order valence-corrected chi connectivity index (χ2v) is 2.85. The Balaban J connectivity index is 2.85. The summed E-state index contributed by atoms with van der Waals surface area (Å²) in [6.07, 6.45) is 1.48. The van der Waals surface area contributed by atoms with Crippen LogP contribution in [0.15, 0.2) is 12.3 Å².